The van der Waals surface area contributed by atoms with Crippen LogP contribution in [-0.4, -0.2) is 4.98 Å². The number of nitrogens with two attached hydrogens (primary N) is 1. The number of nitrogen functional groups attached to an aromatic ring is 1. The molecule has 0 aliphatic rings. The molecule has 0 amide bonds. The van der Waals surface area contributed by atoms with Crippen molar-refractivity contribution >= 4 is 17.0 Å². The molecule has 19 heavy (non-hydrogen) atoms. The van der Waals surface area contributed by atoms with Crippen LogP contribution in [0.25, 0.3) is 0 Å². The largest absolute Gasteiger partial charge is 0.399 e. The second-order valence-corrected chi connectivity index (χ2v) is 6.59. The fourth-order valence-electron chi connectivity index (χ4n) is 1.84. The number of aromatic nitrogens is 1. The summed E-state index contributed by atoms with van der Waals surface area (Å²) in [4.78, 5) is 5.93. The third kappa shape index (κ3) is 3.33. The van der Waals surface area contributed by atoms with Gasteiger partial charge in [0.15, 0.2) is 0 Å². The molecule has 4 heteroatoms. The summed E-state index contributed by atoms with van der Waals surface area (Å²) in [7, 11) is 0. The number of thiazole rings is 1. The monoisotopic (exact) mass is 275 g/mol. The first-order chi connectivity index (χ1) is 8.88. The Morgan fingerprint density at radius 2 is 2.05 bits per heavy atom. The predicted molar refractivity (Wildman–Crippen MR) is 82.3 cm³/mol. The van der Waals surface area contributed by atoms with E-state index in [1.54, 1.807) is 11.3 Å². The highest BCUT2D eigenvalue weighted by atomic mass is 32.1. The molecule has 0 saturated heterocycles. The fraction of sp³-hybridized carbons (Fsp3) is 0.400. The van der Waals surface area contributed by atoms with Crippen molar-refractivity contribution < 1.29 is 0 Å². The van der Waals surface area contributed by atoms with Crippen LogP contribution in [0.4, 0.5) is 5.69 Å². The average Bonchev–Trinajstić information content (AvgIpc) is 2.68. The number of nitrogens with one attached hydrogen (secondary N) is 1. The summed E-state index contributed by atoms with van der Waals surface area (Å²) in [5.74, 6) is 0. The number of benzene rings is 1. The van der Waals surface area contributed by atoms with Crippen LogP contribution in [0.1, 0.15) is 35.0 Å². The molecule has 0 aliphatic heterocycles. The minimum atomic E-state index is -0.131. The van der Waals surface area contributed by atoms with Crippen LogP contribution in [-0.2, 0) is 12.1 Å². The van der Waals surface area contributed by atoms with Crippen molar-refractivity contribution in [3.05, 3.63) is 45.4 Å². The highest BCUT2D eigenvalue weighted by Gasteiger charge is 2.24. The Morgan fingerprint density at radius 1 is 1.32 bits per heavy atom. The smallest absolute Gasteiger partial charge is 0.113 e. The van der Waals surface area contributed by atoms with Crippen molar-refractivity contribution in [3.8, 4) is 0 Å². The Morgan fingerprint density at radius 3 is 2.63 bits per heavy atom. The molecule has 0 saturated carbocycles. The topological polar surface area (TPSA) is 50.9 Å². The fourth-order valence-corrected chi connectivity index (χ4v) is 2.84. The molecule has 1 heterocycles. The minimum absolute atomic E-state index is 0.131. The Hall–Kier alpha value is -1.39. The minimum Gasteiger partial charge on any atom is -0.399 e. The van der Waals surface area contributed by atoms with Gasteiger partial charge in [-0.3, -0.25) is 0 Å². The average molecular weight is 275 g/mol. The van der Waals surface area contributed by atoms with Gasteiger partial charge in [-0.15, -0.1) is 11.3 Å². The molecule has 2 rings (SSSR count). The molecule has 0 spiro atoms. The van der Waals surface area contributed by atoms with Crippen molar-refractivity contribution in [1.82, 2.24) is 10.3 Å². The normalized spacial score (nSPS) is 11.8. The van der Waals surface area contributed by atoms with E-state index < -0.39 is 0 Å². The van der Waals surface area contributed by atoms with Crippen molar-refractivity contribution in [3.63, 3.8) is 0 Å². The summed E-state index contributed by atoms with van der Waals surface area (Å²) in [6.07, 6.45) is 0. The van der Waals surface area contributed by atoms with E-state index in [-0.39, 0.29) is 5.54 Å². The van der Waals surface area contributed by atoms with Crippen LogP contribution in [0.2, 0.25) is 0 Å². The Labute approximate surface area is 118 Å². The lowest BCUT2D eigenvalue weighted by atomic mass is 10.1. The number of hydrogen-bond acceptors (Lipinski definition) is 4. The molecule has 1 aromatic carbocycles. The molecule has 0 fully saturated rings. The van der Waals surface area contributed by atoms with Crippen LogP contribution >= 0.6 is 11.3 Å². The summed E-state index contributed by atoms with van der Waals surface area (Å²) >= 11 is 1.76. The van der Waals surface area contributed by atoms with Gasteiger partial charge < -0.3 is 11.1 Å². The lowest BCUT2D eigenvalue weighted by molar-refractivity contribution is 0.399. The van der Waals surface area contributed by atoms with Crippen LogP contribution in [0.3, 0.4) is 0 Å². The van der Waals surface area contributed by atoms with E-state index in [4.69, 9.17) is 5.73 Å². The van der Waals surface area contributed by atoms with Crippen LogP contribution < -0.4 is 11.1 Å². The van der Waals surface area contributed by atoms with Crippen molar-refractivity contribution in [2.45, 2.75) is 39.8 Å². The number of aryl methyl sites for hydroxylation is 2. The van der Waals surface area contributed by atoms with Crippen molar-refractivity contribution in [2.75, 3.05) is 5.73 Å². The summed E-state index contributed by atoms with van der Waals surface area (Å²) in [6, 6.07) is 7.97. The maximum atomic E-state index is 5.79. The van der Waals surface area contributed by atoms with E-state index in [0.717, 1.165) is 22.9 Å². The maximum absolute atomic E-state index is 5.79. The molecule has 3 N–H and O–H groups in total. The highest BCUT2D eigenvalue weighted by Crippen LogP contribution is 2.27. The summed E-state index contributed by atoms with van der Waals surface area (Å²) in [5.41, 5.74) is 8.78. The Balaban J connectivity index is 2.09. The number of rotatable bonds is 4. The van der Waals surface area contributed by atoms with Gasteiger partial charge in [-0.05, 0) is 45.4 Å². The Bertz CT molecular complexity index is 553. The molecule has 0 aliphatic carbocycles. The zero-order valence-corrected chi connectivity index (χ0v) is 12.8. The number of anilines is 1. The third-order valence-electron chi connectivity index (χ3n) is 3.25. The van der Waals surface area contributed by atoms with Crippen molar-refractivity contribution in [2.24, 2.45) is 0 Å². The quantitative estimate of drug-likeness (QED) is 0.841. The summed E-state index contributed by atoms with van der Waals surface area (Å²) in [5, 5.41) is 4.68. The second-order valence-electron chi connectivity index (χ2n) is 5.38. The summed E-state index contributed by atoms with van der Waals surface area (Å²) < 4.78 is 0. The molecule has 0 atom stereocenters. The SMILES string of the molecule is Cc1nc(C(C)(C)NCc2cccc(N)c2)sc1C. The van der Waals surface area contributed by atoms with Crippen LogP contribution in [0.5, 0.6) is 0 Å². The van der Waals surface area contributed by atoms with E-state index in [1.807, 2.05) is 18.2 Å². The van der Waals surface area contributed by atoms with Gasteiger partial charge in [-0.1, -0.05) is 12.1 Å². The van der Waals surface area contributed by atoms with Gasteiger partial charge in [0.2, 0.25) is 0 Å². The molecular weight excluding hydrogens is 254 g/mol. The van der Waals surface area contributed by atoms with E-state index in [0.29, 0.717) is 0 Å². The molecule has 3 nitrogen and oxygen atoms in total. The first-order valence-electron chi connectivity index (χ1n) is 6.42. The van der Waals surface area contributed by atoms with Gasteiger partial charge in [0.1, 0.15) is 5.01 Å². The maximum Gasteiger partial charge on any atom is 0.113 e. The Kier molecular flexibility index (Phi) is 3.92. The van der Waals surface area contributed by atoms with E-state index in [9.17, 15) is 0 Å². The lowest BCUT2D eigenvalue weighted by Gasteiger charge is -2.24. The standard InChI is InChI=1S/C15H21N3S/c1-10-11(2)19-14(18-10)15(3,4)17-9-12-6-5-7-13(16)8-12/h5-8,17H,9,16H2,1-4H3. The molecule has 0 bridgehead atoms. The molecule has 102 valence electrons. The summed E-state index contributed by atoms with van der Waals surface area (Å²) in [6.45, 7) is 9.29. The molecule has 2 aromatic rings. The van der Waals surface area contributed by atoms with Crippen molar-refractivity contribution in [1.29, 1.82) is 0 Å². The highest BCUT2D eigenvalue weighted by molar-refractivity contribution is 7.11. The van der Waals surface area contributed by atoms with Gasteiger partial charge in [-0.2, -0.15) is 0 Å². The molecular formula is C15H21N3S. The van der Waals surface area contributed by atoms with Gasteiger partial charge in [0.25, 0.3) is 0 Å². The van der Waals surface area contributed by atoms with Gasteiger partial charge in [0.05, 0.1) is 11.2 Å². The van der Waals surface area contributed by atoms with E-state index in [1.165, 1.54) is 10.4 Å². The predicted octanol–water partition coefficient (Wildman–Crippen LogP) is 3.37. The van der Waals surface area contributed by atoms with Crippen LogP contribution in [0.15, 0.2) is 24.3 Å². The molecule has 0 radical (unpaired) electrons. The van der Waals surface area contributed by atoms with Gasteiger partial charge >= 0.3 is 0 Å². The third-order valence-corrected chi connectivity index (χ3v) is 4.65. The second kappa shape index (κ2) is 5.31. The van der Waals surface area contributed by atoms with Gasteiger partial charge in [-0.25, -0.2) is 4.98 Å². The number of hydrogen-bond donors (Lipinski definition) is 2. The molecule has 0 unspecified atom stereocenters. The number of nitrogens with zero attached hydrogens (tertiary/aromatic N) is 1. The first-order valence-corrected chi connectivity index (χ1v) is 7.24. The first kappa shape index (κ1) is 14.0. The molecule has 1 aromatic heterocycles. The lowest BCUT2D eigenvalue weighted by Crippen LogP contribution is -2.35. The zero-order chi connectivity index (χ0) is 14.0. The van der Waals surface area contributed by atoms with Crippen LogP contribution in [0, 0.1) is 13.8 Å². The van der Waals surface area contributed by atoms with E-state index in [2.05, 4.69) is 44.1 Å². The van der Waals surface area contributed by atoms with Gasteiger partial charge in [0, 0.05) is 17.1 Å². The van der Waals surface area contributed by atoms with E-state index >= 15 is 0 Å². The zero-order valence-electron chi connectivity index (χ0n) is 11.9.